The van der Waals surface area contributed by atoms with Crippen LogP contribution in [0.1, 0.15) is 21.5 Å². The number of hydrogen-bond acceptors (Lipinski definition) is 3. The van der Waals surface area contributed by atoms with Crippen LogP contribution in [0.3, 0.4) is 0 Å². The van der Waals surface area contributed by atoms with E-state index in [2.05, 4.69) is 10.6 Å². The van der Waals surface area contributed by atoms with Gasteiger partial charge >= 0.3 is 0 Å². The van der Waals surface area contributed by atoms with Gasteiger partial charge in [-0.3, -0.25) is 9.59 Å². The Kier molecular flexibility index (Phi) is 6.63. The van der Waals surface area contributed by atoms with E-state index in [1.807, 2.05) is 73.7 Å². The van der Waals surface area contributed by atoms with Crippen molar-refractivity contribution in [3.05, 3.63) is 95.6 Å². The summed E-state index contributed by atoms with van der Waals surface area (Å²) in [5, 5.41) is 6.04. The van der Waals surface area contributed by atoms with Crippen LogP contribution in [0.4, 0.5) is 11.4 Å². The number of rotatable bonds is 7. The van der Waals surface area contributed by atoms with Gasteiger partial charge in [-0.2, -0.15) is 0 Å². The van der Waals surface area contributed by atoms with Gasteiger partial charge in [-0.05, 0) is 36.8 Å². The van der Waals surface area contributed by atoms with Gasteiger partial charge in [-0.15, -0.1) is 0 Å². The van der Waals surface area contributed by atoms with Crippen molar-refractivity contribution in [2.45, 2.75) is 13.5 Å². The third kappa shape index (κ3) is 5.45. The Morgan fingerprint density at radius 3 is 2.24 bits per heavy atom. The number of likely N-dealkylation sites (N-methyl/N-ethyl adjacent to an activating group) is 1. The van der Waals surface area contributed by atoms with Crippen molar-refractivity contribution >= 4 is 23.2 Å². The highest BCUT2D eigenvalue weighted by Crippen LogP contribution is 2.16. The normalized spacial score (nSPS) is 10.3. The molecule has 29 heavy (non-hydrogen) atoms. The Hall–Kier alpha value is -3.60. The first-order valence-electron chi connectivity index (χ1n) is 9.53. The van der Waals surface area contributed by atoms with Gasteiger partial charge in [0, 0.05) is 25.0 Å². The molecule has 0 radical (unpaired) electrons. The molecule has 0 aromatic heterocycles. The number of aryl methyl sites for hydroxylation is 1. The van der Waals surface area contributed by atoms with E-state index in [4.69, 9.17) is 0 Å². The molecule has 0 bridgehead atoms. The lowest BCUT2D eigenvalue weighted by atomic mass is 10.1. The maximum absolute atomic E-state index is 12.7. The summed E-state index contributed by atoms with van der Waals surface area (Å²) in [5.74, 6) is -0.274. The average molecular weight is 387 g/mol. The molecule has 0 atom stereocenters. The molecule has 2 N–H and O–H groups in total. The summed E-state index contributed by atoms with van der Waals surface area (Å²) in [6.07, 6.45) is 0. The zero-order chi connectivity index (χ0) is 20.6. The number of carbonyl (C=O) groups is 2. The van der Waals surface area contributed by atoms with Crippen LogP contribution in [0, 0.1) is 6.92 Å². The lowest BCUT2D eigenvalue weighted by molar-refractivity contribution is -0.116. The minimum absolute atomic E-state index is 0.0909. The fourth-order valence-electron chi connectivity index (χ4n) is 2.90. The van der Waals surface area contributed by atoms with E-state index >= 15 is 0 Å². The summed E-state index contributed by atoms with van der Waals surface area (Å²) in [7, 11) is 1.74. The highest BCUT2D eigenvalue weighted by atomic mass is 16.2. The number of nitrogens with zero attached hydrogens (tertiary/aromatic N) is 1. The molecule has 0 saturated heterocycles. The molecule has 0 aliphatic heterocycles. The maximum atomic E-state index is 12.7. The molecule has 3 aromatic rings. The number of anilines is 2. The summed E-state index contributed by atoms with van der Waals surface area (Å²) < 4.78 is 0. The minimum Gasteiger partial charge on any atom is -0.375 e. The first kappa shape index (κ1) is 20.1. The molecular formula is C24H25N3O2. The SMILES string of the molecule is Cc1ccc(CNC(=O)c2ccccc2NCC(=O)N(C)c2ccccc2)cc1. The molecule has 5 nitrogen and oxygen atoms in total. The van der Waals surface area contributed by atoms with Crippen molar-refractivity contribution in [1.29, 1.82) is 0 Å². The molecule has 0 heterocycles. The lowest BCUT2D eigenvalue weighted by Crippen LogP contribution is -2.32. The third-order valence-electron chi connectivity index (χ3n) is 4.69. The fraction of sp³-hybridized carbons (Fsp3) is 0.167. The van der Waals surface area contributed by atoms with Crippen LogP contribution in [0.2, 0.25) is 0 Å². The fourth-order valence-corrected chi connectivity index (χ4v) is 2.90. The van der Waals surface area contributed by atoms with E-state index in [0.29, 0.717) is 17.8 Å². The second-order valence-electron chi connectivity index (χ2n) is 6.86. The Balaban J connectivity index is 1.61. The molecule has 2 amide bonds. The first-order chi connectivity index (χ1) is 14.0. The number of benzene rings is 3. The van der Waals surface area contributed by atoms with Crippen LogP contribution in [0.15, 0.2) is 78.9 Å². The molecule has 0 aliphatic carbocycles. The summed E-state index contributed by atoms with van der Waals surface area (Å²) in [6.45, 7) is 2.57. The smallest absolute Gasteiger partial charge is 0.253 e. The highest BCUT2D eigenvalue weighted by Gasteiger charge is 2.14. The quantitative estimate of drug-likeness (QED) is 0.644. The number of hydrogen-bond donors (Lipinski definition) is 2. The summed E-state index contributed by atoms with van der Waals surface area (Å²) >= 11 is 0. The van der Waals surface area contributed by atoms with Crippen LogP contribution < -0.4 is 15.5 Å². The van der Waals surface area contributed by atoms with Gasteiger partial charge < -0.3 is 15.5 Å². The van der Waals surface area contributed by atoms with E-state index in [9.17, 15) is 9.59 Å². The molecule has 0 fully saturated rings. The average Bonchev–Trinajstić information content (AvgIpc) is 2.77. The van der Waals surface area contributed by atoms with Crippen molar-refractivity contribution in [2.75, 3.05) is 23.8 Å². The second-order valence-corrected chi connectivity index (χ2v) is 6.86. The second kappa shape index (κ2) is 9.55. The van der Waals surface area contributed by atoms with Gasteiger partial charge in [0.05, 0.1) is 12.1 Å². The zero-order valence-corrected chi connectivity index (χ0v) is 16.7. The van der Waals surface area contributed by atoms with E-state index < -0.39 is 0 Å². The molecule has 5 heteroatoms. The summed E-state index contributed by atoms with van der Waals surface area (Å²) in [5.41, 5.74) is 4.18. The summed E-state index contributed by atoms with van der Waals surface area (Å²) in [6, 6.07) is 24.7. The van der Waals surface area contributed by atoms with Crippen molar-refractivity contribution in [1.82, 2.24) is 5.32 Å². The molecule has 3 aromatic carbocycles. The van der Waals surface area contributed by atoms with Crippen LogP contribution in [0.5, 0.6) is 0 Å². The first-order valence-corrected chi connectivity index (χ1v) is 9.53. The van der Waals surface area contributed by atoms with Crippen molar-refractivity contribution in [3.63, 3.8) is 0 Å². The van der Waals surface area contributed by atoms with E-state index in [0.717, 1.165) is 11.3 Å². The lowest BCUT2D eigenvalue weighted by Gasteiger charge is -2.18. The van der Waals surface area contributed by atoms with E-state index in [1.165, 1.54) is 5.56 Å². The number of para-hydroxylation sites is 2. The van der Waals surface area contributed by atoms with Crippen molar-refractivity contribution < 1.29 is 9.59 Å². The Morgan fingerprint density at radius 1 is 0.862 bits per heavy atom. The van der Waals surface area contributed by atoms with Gasteiger partial charge in [-0.25, -0.2) is 0 Å². The molecule has 0 aliphatic rings. The third-order valence-corrected chi connectivity index (χ3v) is 4.69. The monoisotopic (exact) mass is 387 g/mol. The Labute approximate surface area is 171 Å². The maximum Gasteiger partial charge on any atom is 0.253 e. The Morgan fingerprint density at radius 2 is 1.52 bits per heavy atom. The zero-order valence-electron chi connectivity index (χ0n) is 16.7. The molecule has 148 valence electrons. The standard InChI is InChI=1S/C24H25N3O2/c1-18-12-14-19(15-13-18)16-26-24(29)21-10-6-7-11-22(21)25-17-23(28)27(2)20-8-4-3-5-9-20/h3-15,25H,16-17H2,1-2H3,(H,26,29). The van der Waals surface area contributed by atoms with E-state index in [-0.39, 0.29) is 18.4 Å². The van der Waals surface area contributed by atoms with Crippen molar-refractivity contribution in [3.8, 4) is 0 Å². The van der Waals surface area contributed by atoms with Gasteiger partial charge in [0.1, 0.15) is 0 Å². The van der Waals surface area contributed by atoms with Crippen LogP contribution in [-0.2, 0) is 11.3 Å². The Bertz CT molecular complexity index is 969. The molecule has 0 unspecified atom stereocenters. The van der Waals surface area contributed by atoms with Gasteiger partial charge in [0.15, 0.2) is 0 Å². The highest BCUT2D eigenvalue weighted by molar-refractivity contribution is 6.01. The molecular weight excluding hydrogens is 362 g/mol. The molecule has 3 rings (SSSR count). The summed E-state index contributed by atoms with van der Waals surface area (Å²) in [4.78, 5) is 26.7. The number of amides is 2. The predicted octanol–water partition coefficient (Wildman–Crippen LogP) is 4.00. The van der Waals surface area contributed by atoms with Crippen LogP contribution in [0.25, 0.3) is 0 Å². The molecule has 0 saturated carbocycles. The van der Waals surface area contributed by atoms with Gasteiger partial charge in [0.2, 0.25) is 5.91 Å². The van der Waals surface area contributed by atoms with Gasteiger partial charge in [-0.1, -0.05) is 60.2 Å². The minimum atomic E-state index is -0.183. The van der Waals surface area contributed by atoms with Crippen LogP contribution in [-0.4, -0.2) is 25.4 Å². The predicted molar refractivity (Wildman–Crippen MR) is 117 cm³/mol. The topological polar surface area (TPSA) is 61.4 Å². The number of nitrogens with one attached hydrogen (secondary N) is 2. The number of carbonyl (C=O) groups excluding carboxylic acids is 2. The molecule has 0 spiro atoms. The van der Waals surface area contributed by atoms with Crippen LogP contribution >= 0.6 is 0 Å². The van der Waals surface area contributed by atoms with Gasteiger partial charge in [0.25, 0.3) is 5.91 Å². The van der Waals surface area contributed by atoms with E-state index in [1.54, 1.807) is 24.1 Å². The largest absolute Gasteiger partial charge is 0.375 e. The van der Waals surface area contributed by atoms with Crippen molar-refractivity contribution in [2.24, 2.45) is 0 Å².